The number of hydrogen-bond donors (Lipinski definition) is 1. The molecule has 1 aliphatic heterocycles. The van der Waals surface area contributed by atoms with Crippen molar-refractivity contribution in [3.8, 4) is 0 Å². The Balaban J connectivity index is 1.94. The number of primary amides is 1. The van der Waals surface area contributed by atoms with Crippen LogP contribution in [0.15, 0.2) is 18.3 Å². The summed E-state index contributed by atoms with van der Waals surface area (Å²) in [5, 5.41) is 10.5. The van der Waals surface area contributed by atoms with Crippen LogP contribution in [0, 0.1) is 10.1 Å². The first kappa shape index (κ1) is 13.2. The summed E-state index contributed by atoms with van der Waals surface area (Å²) in [6.45, 7) is 3.15. The Morgan fingerprint density at radius 3 is 2.53 bits per heavy atom. The van der Waals surface area contributed by atoms with Gasteiger partial charge in [-0.25, -0.2) is 4.98 Å². The second-order valence-corrected chi connectivity index (χ2v) is 4.36. The van der Waals surface area contributed by atoms with Gasteiger partial charge in [0, 0.05) is 32.2 Å². The quantitative estimate of drug-likeness (QED) is 0.586. The topological polar surface area (TPSA) is 106 Å². The molecular formula is C11H15N5O3. The van der Waals surface area contributed by atoms with E-state index in [4.69, 9.17) is 5.73 Å². The van der Waals surface area contributed by atoms with Crippen LogP contribution < -0.4 is 10.6 Å². The van der Waals surface area contributed by atoms with E-state index in [9.17, 15) is 14.9 Å². The molecule has 2 rings (SSSR count). The van der Waals surface area contributed by atoms with E-state index >= 15 is 0 Å². The summed E-state index contributed by atoms with van der Waals surface area (Å²) in [5.41, 5.74) is 5.13. The SMILES string of the molecule is NC(=O)CN1CCN(c2ccc([N+](=O)[O-])cn2)CC1. The van der Waals surface area contributed by atoms with Gasteiger partial charge in [-0.05, 0) is 6.07 Å². The fourth-order valence-corrected chi connectivity index (χ4v) is 2.03. The Morgan fingerprint density at radius 2 is 2.05 bits per heavy atom. The Labute approximate surface area is 110 Å². The number of nitro groups is 1. The second kappa shape index (κ2) is 5.61. The van der Waals surface area contributed by atoms with Crippen molar-refractivity contribution in [1.82, 2.24) is 9.88 Å². The summed E-state index contributed by atoms with van der Waals surface area (Å²) in [6, 6.07) is 3.08. The minimum absolute atomic E-state index is 0.0175. The van der Waals surface area contributed by atoms with E-state index in [-0.39, 0.29) is 18.1 Å². The number of pyridine rings is 1. The van der Waals surface area contributed by atoms with Gasteiger partial charge >= 0.3 is 0 Å². The molecular weight excluding hydrogens is 250 g/mol. The Bertz CT molecular complexity index is 468. The molecule has 8 nitrogen and oxygen atoms in total. The number of carbonyl (C=O) groups excluding carboxylic acids is 1. The number of piperazine rings is 1. The molecule has 1 aliphatic rings. The monoisotopic (exact) mass is 265 g/mol. The van der Waals surface area contributed by atoms with Crippen molar-refractivity contribution in [2.45, 2.75) is 0 Å². The van der Waals surface area contributed by atoms with Gasteiger partial charge in [0.25, 0.3) is 5.69 Å². The number of rotatable bonds is 4. The van der Waals surface area contributed by atoms with Crippen LogP contribution >= 0.6 is 0 Å². The Hall–Kier alpha value is -2.22. The van der Waals surface area contributed by atoms with Gasteiger partial charge in [0.1, 0.15) is 12.0 Å². The summed E-state index contributed by atoms with van der Waals surface area (Å²) in [4.78, 5) is 29.0. The molecule has 2 heterocycles. The zero-order valence-corrected chi connectivity index (χ0v) is 10.4. The summed E-state index contributed by atoms with van der Waals surface area (Å²) < 4.78 is 0. The molecule has 2 N–H and O–H groups in total. The predicted molar refractivity (Wildman–Crippen MR) is 68.7 cm³/mol. The van der Waals surface area contributed by atoms with Gasteiger partial charge in [-0.1, -0.05) is 0 Å². The van der Waals surface area contributed by atoms with Crippen molar-refractivity contribution in [3.63, 3.8) is 0 Å². The third-order valence-corrected chi connectivity index (χ3v) is 3.02. The lowest BCUT2D eigenvalue weighted by Crippen LogP contribution is -2.49. The van der Waals surface area contributed by atoms with Crippen molar-refractivity contribution in [2.24, 2.45) is 5.73 Å². The van der Waals surface area contributed by atoms with Gasteiger partial charge < -0.3 is 10.6 Å². The van der Waals surface area contributed by atoms with Crippen molar-refractivity contribution in [3.05, 3.63) is 28.4 Å². The van der Waals surface area contributed by atoms with Crippen LogP contribution in [0.3, 0.4) is 0 Å². The average Bonchev–Trinajstić information content (AvgIpc) is 2.39. The van der Waals surface area contributed by atoms with E-state index in [1.807, 2.05) is 9.80 Å². The smallest absolute Gasteiger partial charge is 0.287 e. The number of amides is 1. The molecule has 8 heteroatoms. The minimum Gasteiger partial charge on any atom is -0.369 e. The largest absolute Gasteiger partial charge is 0.369 e. The summed E-state index contributed by atoms with van der Waals surface area (Å²) in [7, 11) is 0. The van der Waals surface area contributed by atoms with Gasteiger partial charge in [0.05, 0.1) is 11.5 Å². The molecule has 0 unspecified atom stereocenters. The lowest BCUT2D eigenvalue weighted by atomic mass is 10.3. The highest BCUT2D eigenvalue weighted by Crippen LogP contribution is 2.17. The molecule has 1 aromatic heterocycles. The number of carbonyl (C=O) groups is 1. The average molecular weight is 265 g/mol. The fraction of sp³-hybridized carbons (Fsp3) is 0.455. The highest BCUT2D eigenvalue weighted by atomic mass is 16.6. The molecule has 1 fully saturated rings. The zero-order valence-electron chi connectivity index (χ0n) is 10.4. The first-order valence-electron chi connectivity index (χ1n) is 5.92. The Morgan fingerprint density at radius 1 is 1.37 bits per heavy atom. The van der Waals surface area contributed by atoms with Crippen LogP contribution in [0.2, 0.25) is 0 Å². The van der Waals surface area contributed by atoms with Crippen LogP contribution in [0.4, 0.5) is 11.5 Å². The Kier molecular flexibility index (Phi) is 3.91. The number of hydrogen-bond acceptors (Lipinski definition) is 6. The molecule has 0 spiro atoms. The van der Waals surface area contributed by atoms with Crippen LogP contribution in [-0.2, 0) is 4.79 Å². The zero-order chi connectivity index (χ0) is 13.8. The van der Waals surface area contributed by atoms with Crippen molar-refractivity contribution < 1.29 is 9.72 Å². The van der Waals surface area contributed by atoms with E-state index in [1.54, 1.807) is 6.07 Å². The molecule has 0 atom stereocenters. The predicted octanol–water partition coefficient (Wildman–Crippen LogP) is -0.403. The summed E-state index contributed by atoms with van der Waals surface area (Å²) >= 11 is 0. The summed E-state index contributed by atoms with van der Waals surface area (Å²) in [5.74, 6) is 0.381. The van der Waals surface area contributed by atoms with Crippen LogP contribution in [0.1, 0.15) is 0 Å². The molecule has 0 aliphatic carbocycles. The molecule has 0 saturated carbocycles. The number of anilines is 1. The van der Waals surface area contributed by atoms with Crippen LogP contribution in [0.25, 0.3) is 0 Å². The standard InChI is InChI=1S/C11H15N5O3/c12-10(17)8-14-3-5-15(6-4-14)11-2-1-9(7-13-11)16(18)19/h1-2,7H,3-6,8H2,(H2,12,17). The molecule has 0 aromatic carbocycles. The van der Waals surface area contributed by atoms with Crippen molar-refractivity contribution in [2.75, 3.05) is 37.6 Å². The molecule has 1 saturated heterocycles. The lowest BCUT2D eigenvalue weighted by molar-refractivity contribution is -0.385. The van der Waals surface area contributed by atoms with E-state index in [1.165, 1.54) is 12.3 Å². The van der Waals surface area contributed by atoms with Gasteiger partial charge in [-0.15, -0.1) is 0 Å². The molecule has 0 radical (unpaired) electrons. The summed E-state index contributed by atoms with van der Waals surface area (Å²) in [6.07, 6.45) is 1.26. The van der Waals surface area contributed by atoms with E-state index in [0.29, 0.717) is 5.82 Å². The fourth-order valence-electron chi connectivity index (χ4n) is 2.03. The normalized spacial score (nSPS) is 16.3. The number of nitrogens with zero attached hydrogens (tertiary/aromatic N) is 4. The maximum absolute atomic E-state index is 10.8. The van der Waals surface area contributed by atoms with Gasteiger partial charge in [-0.3, -0.25) is 19.8 Å². The maximum Gasteiger partial charge on any atom is 0.287 e. The lowest BCUT2D eigenvalue weighted by Gasteiger charge is -2.34. The highest BCUT2D eigenvalue weighted by molar-refractivity contribution is 5.75. The van der Waals surface area contributed by atoms with Crippen molar-refractivity contribution >= 4 is 17.4 Å². The first-order chi connectivity index (χ1) is 9.06. The van der Waals surface area contributed by atoms with E-state index in [2.05, 4.69) is 4.98 Å². The highest BCUT2D eigenvalue weighted by Gasteiger charge is 2.19. The molecule has 102 valence electrons. The number of aromatic nitrogens is 1. The first-order valence-corrected chi connectivity index (χ1v) is 5.92. The van der Waals surface area contributed by atoms with Gasteiger partial charge in [0.2, 0.25) is 5.91 Å². The molecule has 0 bridgehead atoms. The van der Waals surface area contributed by atoms with E-state index in [0.717, 1.165) is 26.2 Å². The minimum atomic E-state index is -0.471. The van der Waals surface area contributed by atoms with Gasteiger partial charge in [0.15, 0.2) is 0 Å². The van der Waals surface area contributed by atoms with Crippen molar-refractivity contribution in [1.29, 1.82) is 0 Å². The third-order valence-electron chi connectivity index (χ3n) is 3.02. The van der Waals surface area contributed by atoms with Crippen LogP contribution in [0.5, 0.6) is 0 Å². The number of nitrogens with two attached hydrogens (primary N) is 1. The maximum atomic E-state index is 10.8. The molecule has 1 amide bonds. The molecule has 1 aromatic rings. The van der Waals surface area contributed by atoms with Crippen LogP contribution in [-0.4, -0.2) is 53.4 Å². The molecule has 19 heavy (non-hydrogen) atoms. The second-order valence-electron chi connectivity index (χ2n) is 4.36. The van der Waals surface area contributed by atoms with Gasteiger partial charge in [-0.2, -0.15) is 0 Å². The van der Waals surface area contributed by atoms with E-state index < -0.39 is 4.92 Å². The third kappa shape index (κ3) is 3.38.